The van der Waals surface area contributed by atoms with Gasteiger partial charge in [-0.3, -0.25) is 4.79 Å². The lowest BCUT2D eigenvalue weighted by atomic mass is 10.2. The third-order valence-corrected chi connectivity index (χ3v) is 5.17. The molecular weight excluding hydrogens is 340 g/mol. The molecule has 0 radical (unpaired) electrons. The first kappa shape index (κ1) is 17.1. The summed E-state index contributed by atoms with van der Waals surface area (Å²) >= 11 is 0. The van der Waals surface area contributed by atoms with Crippen LogP contribution in [-0.2, 0) is 16.6 Å². The number of nitrogens with one attached hydrogen (secondary N) is 2. The Kier molecular flexibility index (Phi) is 4.82. The summed E-state index contributed by atoms with van der Waals surface area (Å²) in [4.78, 5) is 16.7. The summed E-state index contributed by atoms with van der Waals surface area (Å²) in [5.41, 5.74) is 1.94. The highest BCUT2D eigenvalue weighted by atomic mass is 32.2. The van der Waals surface area contributed by atoms with Gasteiger partial charge in [0.1, 0.15) is 5.65 Å². The van der Waals surface area contributed by atoms with Crippen LogP contribution in [0.2, 0.25) is 0 Å². The highest BCUT2D eigenvalue weighted by Gasteiger charge is 2.13. The average Bonchev–Trinajstić information content (AvgIpc) is 3.02. The minimum absolute atomic E-state index is 0.131. The largest absolute Gasteiger partial charge is 0.346 e. The number of amides is 1. The Labute approximate surface area is 145 Å². The molecule has 0 saturated heterocycles. The molecule has 0 aliphatic heterocycles. The molecule has 25 heavy (non-hydrogen) atoms. The monoisotopic (exact) mass is 358 g/mol. The number of fused-ring (bicyclic) bond motifs is 1. The predicted octanol–water partition coefficient (Wildman–Crippen LogP) is 1.56. The summed E-state index contributed by atoms with van der Waals surface area (Å²) in [6.45, 7) is 2.31. The zero-order chi connectivity index (χ0) is 17.9. The lowest BCUT2D eigenvalue weighted by molar-refractivity contribution is 0.0950. The predicted molar refractivity (Wildman–Crippen MR) is 93.7 cm³/mol. The molecule has 0 aliphatic carbocycles. The fraction of sp³-hybridized carbons (Fsp3) is 0.176. The number of benzene rings is 1. The summed E-state index contributed by atoms with van der Waals surface area (Å²) in [5.74, 6) is -0.288. The van der Waals surface area contributed by atoms with Crippen molar-refractivity contribution in [1.29, 1.82) is 0 Å². The van der Waals surface area contributed by atoms with Crippen molar-refractivity contribution in [2.75, 3.05) is 6.54 Å². The lowest BCUT2D eigenvalue weighted by Gasteiger charge is -2.06. The number of aromatic nitrogens is 2. The smallest absolute Gasteiger partial charge is 0.251 e. The summed E-state index contributed by atoms with van der Waals surface area (Å²) in [7, 11) is -3.52. The third-order valence-electron chi connectivity index (χ3n) is 3.61. The topological polar surface area (TPSA) is 92.6 Å². The minimum Gasteiger partial charge on any atom is -0.346 e. The van der Waals surface area contributed by atoms with Gasteiger partial charge in [-0.1, -0.05) is 13.0 Å². The standard InChI is InChI=1S/C17H18N4O3S/c1-2-19-25(23,24)15-8-6-13(7-9-15)17(22)18-11-14-12-21-10-4-3-5-16(21)20-14/h3-10,12,19H,2,11H2,1H3,(H,18,22). The van der Waals surface area contributed by atoms with E-state index in [2.05, 4.69) is 15.0 Å². The average molecular weight is 358 g/mol. The maximum Gasteiger partial charge on any atom is 0.251 e. The molecule has 3 rings (SSSR count). The normalized spacial score (nSPS) is 11.6. The fourth-order valence-electron chi connectivity index (χ4n) is 2.40. The Morgan fingerprint density at radius 1 is 1.16 bits per heavy atom. The van der Waals surface area contributed by atoms with Crippen LogP contribution in [-0.4, -0.2) is 30.3 Å². The first-order valence-electron chi connectivity index (χ1n) is 7.80. The van der Waals surface area contributed by atoms with Gasteiger partial charge in [0.25, 0.3) is 5.91 Å². The second-order valence-corrected chi connectivity index (χ2v) is 7.17. The van der Waals surface area contributed by atoms with Crippen LogP contribution in [0.1, 0.15) is 23.0 Å². The fourth-order valence-corrected chi connectivity index (χ4v) is 3.45. The van der Waals surface area contributed by atoms with Gasteiger partial charge in [0.05, 0.1) is 17.1 Å². The van der Waals surface area contributed by atoms with E-state index in [1.807, 2.05) is 35.0 Å². The Morgan fingerprint density at radius 3 is 2.60 bits per heavy atom. The van der Waals surface area contributed by atoms with Crippen molar-refractivity contribution >= 4 is 21.6 Å². The van der Waals surface area contributed by atoms with E-state index in [0.717, 1.165) is 11.3 Å². The first-order valence-corrected chi connectivity index (χ1v) is 9.28. The number of pyridine rings is 1. The molecule has 1 amide bonds. The van der Waals surface area contributed by atoms with Crippen molar-refractivity contribution in [2.24, 2.45) is 0 Å². The van der Waals surface area contributed by atoms with Gasteiger partial charge in [-0.25, -0.2) is 18.1 Å². The summed E-state index contributed by atoms with van der Waals surface area (Å²) in [6, 6.07) is 11.5. The SMILES string of the molecule is CCNS(=O)(=O)c1ccc(C(=O)NCc2cn3ccccc3n2)cc1. The Hall–Kier alpha value is -2.71. The summed E-state index contributed by atoms with van der Waals surface area (Å²) < 4.78 is 28.1. The number of rotatable bonds is 6. The van der Waals surface area contributed by atoms with Crippen molar-refractivity contribution in [1.82, 2.24) is 19.4 Å². The molecule has 0 spiro atoms. The summed E-state index contributed by atoms with van der Waals surface area (Å²) in [6.07, 6.45) is 3.73. The molecule has 1 aromatic carbocycles. The van der Waals surface area contributed by atoms with E-state index in [1.54, 1.807) is 6.92 Å². The van der Waals surface area contributed by atoms with Crippen molar-refractivity contribution in [2.45, 2.75) is 18.4 Å². The Bertz CT molecular complexity index is 961. The zero-order valence-electron chi connectivity index (χ0n) is 13.6. The second kappa shape index (κ2) is 7.04. The van der Waals surface area contributed by atoms with Crippen LogP contribution >= 0.6 is 0 Å². The molecule has 0 fully saturated rings. The molecule has 7 nitrogen and oxygen atoms in total. The van der Waals surface area contributed by atoms with Crippen LogP contribution in [0, 0.1) is 0 Å². The second-order valence-electron chi connectivity index (χ2n) is 5.41. The highest BCUT2D eigenvalue weighted by Crippen LogP contribution is 2.11. The van der Waals surface area contributed by atoms with Gasteiger partial charge in [-0.2, -0.15) is 0 Å². The van der Waals surface area contributed by atoms with Crippen LogP contribution in [0.15, 0.2) is 59.8 Å². The van der Waals surface area contributed by atoms with Gasteiger partial charge < -0.3 is 9.72 Å². The van der Waals surface area contributed by atoms with Gasteiger partial charge >= 0.3 is 0 Å². The molecule has 0 unspecified atom stereocenters. The molecule has 8 heteroatoms. The first-order chi connectivity index (χ1) is 12.0. The van der Waals surface area contributed by atoms with Crippen molar-refractivity contribution in [3.8, 4) is 0 Å². The number of hydrogen-bond donors (Lipinski definition) is 2. The van der Waals surface area contributed by atoms with Crippen LogP contribution in [0.3, 0.4) is 0 Å². The van der Waals surface area contributed by atoms with E-state index in [9.17, 15) is 13.2 Å². The van der Waals surface area contributed by atoms with E-state index in [0.29, 0.717) is 12.1 Å². The Balaban J connectivity index is 1.67. The molecule has 2 aromatic heterocycles. The number of hydrogen-bond acceptors (Lipinski definition) is 4. The van der Waals surface area contributed by atoms with Gasteiger partial charge in [0.15, 0.2) is 0 Å². The summed E-state index contributed by atoms with van der Waals surface area (Å²) in [5, 5.41) is 2.78. The molecule has 2 heterocycles. The molecule has 0 saturated carbocycles. The molecule has 2 N–H and O–H groups in total. The number of carbonyl (C=O) groups is 1. The van der Waals surface area contributed by atoms with Gasteiger partial charge in [0, 0.05) is 24.5 Å². The third kappa shape index (κ3) is 3.86. The van der Waals surface area contributed by atoms with E-state index < -0.39 is 10.0 Å². The quantitative estimate of drug-likeness (QED) is 0.699. The maximum atomic E-state index is 12.2. The van der Waals surface area contributed by atoms with Crippen molar-refractivity contribution in [3.05, 3.63) is 66.1 Å². The Morgan fingerprint density at radius 2 is 1.92 bits per heavy atom. The van der Waals surface area contributed by atoms with Gasteiger partial charge in [0.2, 0.25) is 10.0 Å². The minimum atomic E-state index is -3.52. The van der Waals surface area contributed by atoms with Gasteiger partial charge in [-0.15, -0.1) is 0 Å². The number of sulfonamides is 1. The number of carbonyl (C=O) groups excluding carboxylic acids is 1. The molecule has 0 atom stereocenters. The maximum absolute atomic E-state index is 12.2. The molecular formula is C17H18N4O3S. The van der Waals surface area contributed by atoms with Crippen LogP contribution in [0.25, 0.3) is 5.65 Å². The van der Waals surface area contributed by atoms with Crippen LogP contribution in [0.4, 0.5) is 0 Å². The number of imidazole rings is 1. The van der Waals surface area contributed by atoms with Crippen LogP contribution < -0.4 is 10.0 Å². The lowest BCUT2D eigenvalue weighted by Crippen LogP contribution is -2.24. The van der Waals surface area contributed by atoms with Gasteiger partial charge in [-0.05, 0) is 36.4 Å². The van der Waals surface area contributed by atoms with E-state index in [4.69, 9.17) is 0 Å². The van der Waals surface area contributed by atoms with E-state index >= 15 is 0 Å². The molecule has 0 aliphatic rings. The highest BCUT2D eigenvalue weighted by molar-refractivity contribution is 7.89. The van der Waals surface area contributed by atoms with Crippen molar-refractivity contribution in [3.63, 3.8) is 0 Å². The van der Waals surface area contributed by atoms with E-state index in [1.165, 1.54) is 24.3 Å². The molecule has 130 valence electrons. The number of nitrogens with zero attached hydrogens (tertiary/aromatic N) is 2. The van der Waals surface area contributed by atoms with Crippen LogP contribution in [0.5, 0.6) is 0 Å². The molecule has 3 aromatic rings. The molecule has 0 bridgehead atoms. The van der Waals surface area contributed by atoms with E-state index in [-0.39, 0.29) is 17.3 Å². The van der Waals surface area contributed by atoms with Crippen molar-refractivity contribution < 1.29 is 13.2 Å². The zero-order valence-corrected chi connectivity index (χ0v) is 14.5.